The monoisotopic (exact) mass is 486 g/mol. The minimum Gasteiger partial charge on any atom is -0.493 e. The average molecular weight is 487 g/mol. The fraction of sp³-hybridized carbons (Fsp3) is 0.200. The van der Waals surface area contributed by atoms with Crippen LogP contribution >= 0.6 is 23.2 Å². The van der Waals surface area contributed by atoms with Crippen LogP contribution in [0.15, 0.2) is 65.8 Å². The quantitative estimate of drug-likeness (QED) is 0.276. The fourth-order valence-electron chi connectivity index (χ4n) is 2.85. The highest BCUT2D eigenvalue weighted by Gasteiger charge is 2.11. The summed E-state index contributed by atoms with van der Waals surface area (Å²) in [5.74, 6) is 1.36. The van der Waals surface area contributed by atoms with Crippen molar-refractivity contribution < 1.29 is 19.0 Å². The maximum absolute atomic E-state index is 12.4. The van der Waals surface area contributed by atoms with Gasteiger partial charge < -0.3 is 14.2 Å². The molecule has 0 atom stereocenters. The smallest absolute Gasteiger partial charge is 0.271 e. The van der Waals surface area contributed by atoms with E-state index in [0.29, 0.717) is 46.1 Å². The molecular formula is C25H24Cl2N2O4. The molecule has 0 aliphatic carbocycles. The molecule has 0 saturated carbocycles. The summed E-state index contributed by atoms with van der Waals surface area (Å²) in [5, 5.41) is 5.16. The topological polar surface area (TPSA) is 69.2 Å². The van der Waals surface area contributed by atoms with Crippen LogP contribution in [0.4, 0.5) is 0 Å². The predicted molar refractivity (Wildman–Crippen MR) is 131 cm³/mol. The first-order chi connectivity index (χ1) is 16.0. The number of amides is 1. The maximum atomic E-state index is 12.4. The van der Waals surface area contributed by atoms with Gasteiger partial charge in [0.1, 0.15) is 12.4 Å². The molecule has 0 unspecified atom stereocenters. The van der Waals surface area contributed by atoms with Gasteiger partial charge in [0.2, 0.25) is 0 Å². The van der Waals surface area contributed by atoms with E-state index in [1.54, 1.807) is 30.3 Å². The Morgan fingerprint density at radius 3 is 2.64 bits per heavy atom. The third-order valence-electron chi connectivity index (χ3n) is 4.53. The normalized spacial score (nSPS) is 10.8. The molecule has 0 spiro atoms. The SMILES string of the molecule is CCCOc1ccc(C(=O)N/N=C/c2cccc(OCc3ccc(Cl)cc3Cl)c2)cc1OC. The molecule has 8 heteroatoms. The minimum atomic E-state index is -0.364. The van der Waals surface area contributed by atoms with Gasteiger partial charge >= 0.3 is 0 Å². The van der Waals surface area contributed by atoms with Gasteiger partial charge in [-0.3, -0.25) is 4.79 Å². The van der Waals surface area contributed by atoms with Crippen LogP contribution in [0, 0.1) is 0 Å². The van der Waals surface area contributed by atoms with E-state index in [-0.39, 0.29) is 5.91 Å². The number of hydrazone groups is 1. The summed E-state index contributed by atoms with van der Waals surface area (Å²) < 4.78 is 16.7. The lowest BCUT2D eigenvalue weighted by Crippen LogP contribution is -2.17. The molecule has 0 saturated heterocycles. The summed E-state index contributed by atoms with van der Waals surface area (Å²) >= 11 is 12.1. The number of rotatable bonds is 10. The molecule has 0 radical (unpaired) electrons. The average Bonchev–Trinajstić information content (AvgIpc) is 2.82. The summed E-state index contributed by atoms with van der Waals surface area (Å²) in [6.45, 7) is 2.89. The van der Waals surface area contributed by atoms with Crippen LogP contribution in [-0.4, -0.2) is 25.8 Å². The van der Waals surface area contributed by atoms with Gasteiger partial charge in [-0.15, -0.1) is 0 Å². The highest BCUT2D eigenvalue weighted by molar-refractivity contribution is 6.35. The van der Waals surface area contributed by atoms with Gasteiger partial charge in [-0.1, -0.05) is 48.3 Å². The van der Waals surface area contributed by atoms with E-state index in [1.807, 2.05) is 37.3 Å². The predicted octanol–water partition coefficient (Wildman–Crippen LogP) is 6.13. The molecule has 33 heavy (non-hydrogen) atoms. The molecule has 3 aromatic carbocycles. The number of halogens is 2. The first-order valence-electron chi connectivity index (χ1n) is 10.3. The van der Waals surface area contributed by atoms with Gasteiger partial charge in [0.25, 0.3) is 5.91 Å². The number of nitrogens with one attached hydrogen (secondary N) is 1. The Morgan fingerprint density at radius 1 is 1.03 bits per heavy atom. The zero-order valence-corrected chi connectivity index (χ0v) is 19.8. The number of hydrogen-bond donors (Lipinski definition) is 1. The van der Waals surface area contributed by atoms with Crippen molar-refractivity contribution in [2.75, 3.05) is 13.7 Å². The van der Waals surface area contributed by atoms with E-state index < -0.39 is 0 Å². The molecular weight excluding hydrogens is 463 g/mol. The second kappa shape index (κ2) is 12.1. The van der Waals surface area contributed by atoms with Crippen molar-refractivity contribution in [3.63, 3.8) is 0 Å². The van der Waals surface area contributed by atoms with Crippen molar-refractivity contribution in [2.45, 2.75) is 20.0 Å². The molecule has 3 rings (SSSR count). The molecule has 0 heterocycles. The van der Waals surface area contributed by atoms with Crippen LogP contribution in [0.25, 0.3) is 0 Å². The number of carbonyl (C=O) groups excluding carboxylic acids is 1. The van der Waals surface area contributed by atoms with Crippen LogP contribution < -0.4 is 19.6 Å². The molecule has 0 aliphatic heterocycles. The Balaban J connectivity index is 1.59. The Kier molecular flexibility index (Phi) is 8.98. The van der Waals surface area contributed by atoms with Crippen LogP contribution in [0.2, 0.25) is 10.0 Å². The number of methoxy groups -OCH3 is 1. The number of carbonyl (C=O) groups is 1. The number of nitrogens with zero attached hydrogens (tertiary/aromatic N) is 1. The van der Waals surface area contributed by atoms with Gasteiger partial charge in [0, 0.05) is 21.2 Å². The lowest BCUT2D eigenvalue weighted by atomic mass is 10.2. The summed E-state index contributed by atoms with van der Waals surface area (Å²) in [5.41, 5.74) is 4.51. The molecule has 3 aromatic rings. The summed E-state index contributed by atoms with van der Waals surface area (Å²) in [6.07, 6.45) is 2.41. The van der Waals surface area contributed by atoms with Crippen LogP contribution in [0.1, 0.15) is 34.8 Å². The molecule has 172 valence electrons. The molecule has 0 aliphatic rings. The maximum Gasteiger partial charge on any atom is 0.271 e. The standard InChI is InChI=1S/C25H24Cl2N2O4/c1-3-11-32-23-10-8-18(13-24(23)31-2)25(30)29-28-15-17-5-4-6-21(12-17)33-16-19-7-9-20(26)14-22(19)27/h4-10,12-15H,3,11,16H2,1-2H3,(H,29,30)/b28-15+. The van der Waals surface area contributed by atoms with Crippen molar-refractivity contribution in [1.29, 1.82) is 0 Å². The second-order valence-electron chi connectivity index (χ2n) is 7.01. The minimum absolute atomic E-state index is 0.299. The Hall–Kier alpha value is -3.22. The second-order valence-corrected chi connectivity index (χ2v) is 7.85. The van der Waals surface area contributed by atoms with Crippen molar-refractivity contribution in [1.82, 2.24) is 5.43 Å². The Bertz CT molecular complexity index is 1140. The van der Waals surface area contributed by atoms with Gasteiger partial charge in [-0.25, -0.2) is 5.43 Å². The molecule has 0 fully saturated rings. The lowest BCUT2D eigenvalue weighted by molar-refractivity contribution is 0.0954. The first-order valence-corrected chi connectivity index (χ1v) is 11.1. The highest BCUT2D eigenvalue weighted by Crippen LogP contribution is 2.28. The number of benzene rings is 3. The van der Waals surface area contributed by atoms with Crippen molar-refractivity contribution in [3.05, 3.63) is 87.4 Å². The molecule has 0 bridgehead atoms. The third kappa shape index (κ3) is 7.14. The largest absolute Gasteiger partial charge is 0.493 e. The third-order valence-corrected chi connectivity index (χ3v) is 5.12. The summed E-state index contributed by atoms with van der Waals surface area (Å²) in [7, 11) is 1.53. The fourth-order valence-corrected chi connectivity index (χ4v) is 3.32. The van der Waals surface area contributed by atoms with Crippen LogP contribution in [0.5, 0.6) is 17.2 Å². The zero-order chi connectivity index (χ0) is 23.6. The van der Waals surface area contributed by atoms with E-state index in [9.17, 15) is 4.79 Å². The lowest BCUT2D eigenvalue weighted by Gasteiger charge is -2.11. The number of ether oxygens (including phenoxy) is 3. The van der Waals surface area contributed by atoms with E-state index >= 15 is 0 Å². The zero-order valence-electron chi connectivity index (χ0n) is 18.3. The first kappa shape index (κ1) is 24.4. The van der Waals surface area contributed by atoms with Crippen LogP contribution in [-0.2, 0) is 6.61 Å². The molecule has 1 amide bonds. The molecule has 0 aromatic heterocycles. The van der Waals surface area contributed by atoms with Gasteiger partial charge in [-0.2, -0.15) is 5.10 Å². The van der Waals surface area contributed by atoms with Crippen LogP contribution in [0.3, 0.4) is 0 Å². The Labute approximate surface area is 203 Å². The summed E-state index contributed by atoms with van der Waals surface area (Å²) in [6, 6.07) is 17.6. The molecule has 1 N–H and O–H groups in total. The highest BCUT2D eigenvalue weighted by atomic mass is 35.5. The van der Waals surface area contributed by atoms with E-state index in [0.717, 1.165) is 17.5 Å². The van der Waals surface area contributed by atoms with Crippen molar-refractivity contribution in [2.24, 2.45) is 5.10 Å². The van der Waals surface area contributed by atoms with Crippen molar-refractivity contribution in [3.8, 4) is 17.2 Å². The summed E-state index contributed by atoms with van der Waals surface area (Å²) in [4.78, 5) is 12.4. The van der Waals surface area contributed by atoms with Crippen molar-refractivity contribution >= 4 is 35.3 Å². The molecule has 6 nitrogen and oxygen atoms in total. The van der Waals surface area contributed by atoms with E-state index in [4.69, 9.17) is 37.4 Å². The number of hydrogen-bond acceptors (Lipinski definition) is 5. The van der Waals surface area contributed by atoms with Gasteiger partial charge in [0.05, 0.1) is 19.9 Å². The van der Waals surface area contributed by atoms with E-state index in [2.05, 4.69) is 10.5 Å². The Morgan fingerprint density at radius 2 is 1.88 bits per heavy atom. The van der Waals surface area contributed by atoms with Gasteiger partial charge in [0.15, 0.2) is 11.5 Å². The van der Waals surface area contributed by atoms with Gasteiger partial charge in [-0.05, 0) is 54.4 Å². The van der Waals surface area contributed by atoms with E-state index in [1.165, 1.54) is 13.3 Å².